The van der Waals surface area contributed by atoms with Crippen molar-refractivity contribution in [2.75, 3.05) is 7.11 Å². The summed E-state index contributed by atoms with van der Waals surface area (Å²) in [5, 5.41) is 6.14. The molecule has 0 N–H and O–H groups in total. The molecule has 0 saturated heterocycles. The average Bonchev–Trinajstić information content (AvgIpc) is 3.22. The number of halogens is 1. The van der Waals surface area contributed by atoms with Crippen LogP contribution in [0.2, 0.25) is 0 Å². The van der Waals surface area contributed by atoms with E-state index in [2.05, 4.69) is 43.1 Å². The van der Waals surface area contributed by atoms with Gasteiger partial charge in [0.25, 0.3) is 0 Å². The second-order valence-corrected chi connectivity index (χ2v) is 7.95. The maximum Gasteiger partial charge on any atom is 0.241 e. The highest BCUT2D eigenvalue weighted by atomic mass is 79.9. The minimum atomic E-state index is 0.605. The average molecular weight is 420 g/mol. The first-order valence-electron chi connectivity index (χ1n) is 8.15. The Labute approximate surface area is 158 Å². The predicted molar refractivity (Wildman–Crippen MR) is 101 cm³/mol. The van der Waals surface area contributed by atoms with E-state index in [0.29, 0.717) is 24.3 Å². The van der Waals surface area contributed by atoms with Crippen molar-refractivity contribution in [3.63, 3.8) is 0 Å². The second kappa shape index (κ2) is 7.27. The van der Waals surface area contributed by atoms with Gasteiger partial charge in [-0.2, -0.15) is 4.98 Å². The largest absolute Gasteiger partial charge is 0.497 e. The number of hydrogen-bond acceptors (Lipinski definition) is 6. The van der Waals surface area contributed by atoms with Crippen molar-refractivity contribution < 1.29 is 9.26 Å². The van der Waals surface area contributed by atoms with Crippen molar-refractivity contribution in [2.45, 2.75) is 32.0 Å². The maximum absolute atomic E-state index is 5.48. The highest BCUT2D eigenvalue weighted by Gasteiger charge is 2.30. The van der Waals surface area contributed by atoms with Gasteiger partial charge in [-0.05, 0) is 52.5 Å². The standard InChI is InChI=1S/C18H18BrN3O2S/c1-23-15-6-2-12(3-7-15)9-22(14-4-5-14)10-17-20-18(21-24-17)16-8-13(19)11-25-16/h2-3,6-8,11,14H,4-5,9-10H2,1H3. The van der Waals surface area contributed by atoms with Gasteiger partial charge >= 0.3 is 0 Å². The zero-order valence-electron chi connectivity index (χ0n) is 13.8. The molecule has 1 aromatic carbocycles. The van der Waals surface area contributed by atoms with E-state index in [4.69, 9.17) is 9.26 Å². The molecule has 1 saturated carbocycles. The van der Waals surface area contributed by atoms with E-state index in [1.165, 1.54) is 18.4 Å². The van der Waals surface area contributed by atoms with Crippen LogP contribution in [0.25, 0.3) is 10.7 Å². The van der Waals surface area contributed by atoms with Gasteiger partial charge < -0.3 is 9.26 Å². The van der Waals surface area contributed by atoms with Crippen molar-refractivity contribution in [1.82, 2.24) is 15.0 Å². The summed E-state index contributed by atoms with van der Waals surface area (Å²) in [6, 6.07) is 10.8. The molecular weight excluding hydrogens is 402 g/mol. The predicted octanol–water partition coefficient (Wildman–Crippen LogP) is 4.73. The van der Waals surface area contributed by atoms with E-state index in [0.717, 1.165) is 21.6 Å². The Morgan fingerprint density at radius 3 is 2.72 bits per heavy atom. The van der Waals surface area contributed by atoms with Gasteiger partial charge in [0.05, 0.1) is 18.5 Å². The van der Waals surface area contributed by atoms with E-state index < -0.39 is 0 Å². The van der Waals surface area contributed by atoms with Gasteiger partial charge in [0.2, 0.25) is 11.7 Å². The molecule has 0 bridgehead atoms. The van der Waals surface area contributed by atoms with Crippen LogP contribution < -0.4 is 4.74 Å². The molecule has 0 unspecified atom stereocenters. The van der Waals surface area contributed by atoms with Gasteiger partial charge in [-0.25, -0.2) is 0 Å². The van der Waals surface area contributed by atoms with Crippen LogP contribution in [0.4, 0.5) is 0 Å². The third kappa shape index (κ3) is 4.11. The lowest BCUT2D eigenvalue weighted by atomic mass is 10.2. The van der Waals surface area contributed by atoms with Crippen LogP contribution in [0.1, 0.15) is 24.3 Å². The molecule has 0 aliphatic heterocycles. The molecule has 1 aliphatic rings. The molecule has 2 heterocycles. The molecule has 130 valence electrons. The number of hydrogen-bond donors (Lipinski definition) is 0. The normalized spacial score (nSPS) is 14.2. The number of nitrogens with zero attached hydrogens (tertiary/aromatic N) is 3. The van der Waals surface area contributed by atoms with Crippen LogP contribution in [0.3, 0.4) is 0 Å². The summed E-state index contributed by atoms with van der Waals surface area (Å²) in [6.07, 6.45) is 2.46. The van der Waals surface area contributed by atoms with Crippen LogP contribution in [0.5, 0.6) is 5.75 Å². The van der Waals surface area contributed by atoms with E-state index in [-0.39, 0.29) is 0 Å². The Balaban J connectivity index is 1.46. The summed E-state index contributed by atoms with van der Waals surface area (Å²) >= 11 is 5.06. The van der Waals surface area contributed by atoms with Gasteiger partial charge in [-0.3, -0.25) is 4.90 Å². The van der Waals surface area contributed by atoms with Crippen molar-refractivity contribution in [3.05, 3.63) is 51.6 Å². The number of ether oxygens (including phenoxy) is 1. The van der Waals surface area contributed by atoms with Crippen LogP contribution in [-0.4, -0.2) is 28.2 Å². The lowest BCUT2D eigenvalue weighted by molar-refractivity contribution is 0.209. The van der Waals surface area contributed by atoms with Crippen molar-refractivity contribution in [2.24, 2.45) is 0 Å². The lowest BCUT2D eigenvalue weighted by Crippen LogP contribution is -2.25. The number of benzene rings is 1. The van der Waals surface area contributed by atoms with Crippen LogP contribution in [0.15, 0.2) is 44.7 Å². The third-order valence-electron chi connectivity index (χ3n) is 4.20. The molecule has 0 amide bonds. The third-order valence-corrected chi connectivity index (χ3v) is 5.89. The van der Waals surface area contributed by atoms with E-state index >= 15 is 0 Å². The molecule has 2 aromatic heterocycles. The Bertz CT molecular complexity index is 842. The summed E-state index contributed by atoms with van der Waals surface area (Å²) in [4.78, 5) is 7.98. The smallest absolute Gasteiger partial charge is 0.241 e. The Hall–Kier alpha value is -1.70. The minimum absolute atomic E-state index is 0.605. The van der Waals surface area contributed by atoms with Gasteiger partial charge in [-0.1, -0.05) is 17.3 Å². The number of rotatable bonds is 7. The van der Waals surface area contributed by atoms with E-state index in [1.54, 1.807) is 18.4 Å². The van der Waals surface area contributed by atoms with Gasteiger partial charge in [0, 0.05) is 22.4 Å². The molecule has 4 rings (SSSR count). The monoisotopic (exact) mass is 419 g/mol. The SMILES string of the molecule is COc1ccc(CN(Cc2nc(-c3cc(Br)cs3)no2)C2CC2)cc1. The fraction of sp³-hybridized carbons (Fsp3) is 0.333. The molecule has 1 aliphatic carbocycles. The molecular formula is C18H18BrN3O2S. The van der Waals surface area contributed by atoms with Crippen molar-refractivity contribution >= 4 is 27.3 Å². The fourth-order valence-corrected chi connectivity index (χ4v) is 4.09. The number of thiophene rings is 1. The Kier molecular flexibility index (Phi) is 4.87. The molecule has 5 nitrogen and oxygen atoms in total. The fourth-order valence-electron chi connectivity index (χ4n) is 2.74. The molecule has 25 heavy (non-hydrogen) atoms. The molecule has 0 radical (unpaired) electrons. The zero-order valence-corrected chi connectivity index (χ0v) is 16.2. The first-order chi connectivity index (χ1) is 12.2. The Morgan fingerprint density at radius 2 is 2.08 bits per heavy atom. The van der Waals surface area contributed by atoms with Gasteiger partial charge in [0.1, 0.15) is 5.75 Å². The van der Waals surface area contributed by atoms with E-state index in [9.17, 15) is 0 Å². The van der Waals surface area contributed by atoms with Crippen molar-refractivity contribution in [3.8, 4) is 16.5 Å². The quantitative estimate of drug-likeness (QED) is 0.553. The van der Waals surface area contributed by atoms with Crippen LogP contribution in [0, 0.1) is 0 Å². The number of methoxy groups -OCH3 is 1. The zero-order chi connectivity index (χ0) is 17.2. The minimum Gasteiger partial charge on any atom is -0.497 e. The summed E-state index contributed by atoms with van der Waals surface area (Å²) in [7, 11) is 1.69. The second-order valence-electron chi connectivity index (χ2n) is 6.13. The van der Waals surface area contributed by atoms with Crippen molar-refractivity contribution in [1.29, 1.82) is 0 Å². The molecule has 7 heteroatoms. The van der Waals surface area contributed by atoms with Gasteiger partial charge in [0.15, 0.2) is 0 Å². The number of aromatic nitrogens is 2. The summed E-state index contributed by atoms with van der Waals surface area (Å²) in [5.41, 5.74) is 1.26. The van der Waals surface area contributed by atoms with Gasteiger partial charge in [-0.15, -0.1) is 11.3 Å². The van der Waals surface area contributed by atoms with Crippen LogP contribution in [-0.2, 0) is 13.1 Å². The van der Waals surface area contributed by atoms with Crippen LogP contribution >= 0.6 is 27.3 Å². The highest BCUT2D eigenvalue weighted by Crippen LogP contribution is 2.31. The van der Waals surface area contributed by atoms with E-state index in [1.807, 2.05) is 23.6 Å². The lowest BCUT2D eigenvalue weighted by Gasteiger charge is -2.20. The first-order valence-corrected chi connectivity index (χ1v) is 9.82. The molecule has 1 fully saturated rings. The molecule has 3 aromatic rings. The first kappa shape index (κ1) is 16.8. The summed E-state index contributed by atoms with van der Waals surface area (Å²) < 4.78 is 11.7. The summed E-state index contributed by atoms with van der Waals surface area (Å²) in [5.74, 6) is 2.20. The Morgan fingerprint density at radius 1 is 1.28 bits per heavy atom. The maximum atomic E-state index is 5.48. The highest BCUT2D eigenvalue weighted by molar-refractivity contribution is 9.10. The molecule has 0 atom stereocenters. The molecule has 0 spiro atoms. The summed E-state index contributed by atoms with van der Waals surface area (Å²) in [6.45, 7) is 1.55. The topological polar surface area (TPSA) is 51.4 Å².